The van der Waals surface area contributed by atoms with Gasteiger partial charge in [0.2, 0.25) is 0 Å². The average molecular weight is 401 g/mol. The minimum absolute atomic E-state index is 0.297. The van der Waals surface area contributed by atoms with Crippen LogP contribution in [-0.2, 0) is 17.6 Å². The number of hydrogen-bond donors (Lipinski definition) is 1. The highest BCUT2D eigenvalue weighted by Gasteiger charge is 2.22. The highest BCUT2D eigenvalue weighted by molar-refractivity contribution is 6.47. The monoisotopic (exact) mass is 401 g/mol. The molecule has 0 aliphatic heterocycles. The number of ketones is 1. The number of anilines is 1. The van der Waals surface area contributed by atoms with Crippen molar-refractivity contribution in [3.8, 4) is 0 Å². The number of nitrogens with one attached hydrogen (secondary N) is 1. The smallest absolute Gasteiger partial charge is 0.296 e. The average Bonchev–Trinajstić information content (AvgIpc) is 3.13. The summed E-state index contributed by atoms with van der Waals surface area (Å²) in [4.78, 5) is 29.5. The van der Waals surface area contributed by atoms with E-state index >= 15 is 0 Å². The third-order valence-corrected chi connectivity index (χ3v) is 4.99. The van der Waals surface area contributed by atoms with Crippen molar-refractivity contribution < 1.29 is 14.0 Å². The molecule has 1 aromatic carbocycles. The third-order valence-electron chi connectivity index (χ3n) is 4.99. The molecule has 0 saturated heterocycles. The molecule has 4 aromatic rings. The van der Waals surface area contributed by atoms with Gasteiger partial charge in [-0.15, -0.1) is 0 Å². The van der Waals surface area contributed by atoms with Crippen LogP contribution < -0.4 is 5.32 Å². The molecule has 1 amide bonds. The number of aromatic nitrogens is 2. The van der Waals surface area contributed by atoms with Gasteiger partial charge < -0.3 is 9.72 Å². The molecule has 0 aliphatic carbocycles. The zero-order valence-electron chi connectivity index (χ0n) is 16.4. The van der Waals surface area contributed by atoms with Gasteiger partial charge in [0.1, 0.15) is 5.82 Å². The van der Waals surface area contributed by atoms with Crippen LogP contribution in [0.25, 0.3) is 5.52 Å². The summed E-state index contributed by atoms with van der Waals surface area (Å²) in [5.74, 6) is -1.63. The Balaban J connectivity index is 1.71. The van der Waals surface area contributed by atoms with Gasteiger partial charge in [0.25, 0.3) is 11.7 Å². The molecule has 0 radical (unpaired) electrons. The first-order valence-electron chi connectivity index (χ1n) is 9.68. The first-order valence-corrected chi connectivity index (χ1v) is 9.68. The normalized spacial score (nSPS) is 10.9. The lowest BCUT2D eigenvalue weighted by atomic mass is 10.1. The lowest BCUT2D eigenvalue weighted by Crippen LogP contribution is -2.22. The van der Waals surface area contributed by atoms with Crippen LogP contribution >= 0.6 is 0 Å². The molecule has 0 atom stereocenters. The molecular formula is C24H20FN3O2. The van der Waals surface area contributed by atoms with Crippen LogP contribution in [0.4, 0.5) is 10.1 Å². The van der Waals surface area contributed by atoms with Crippen LogP contribution in [0.2, 0.25) is 0 Å². The van der Waals surface area contributed by atoms with Crippen molar-refractivity contribution >= 4 is 22.9 Å². The number of rotatable bonds is 6. The number of benzene rings is 1. The molecule has 0 aliphatic rings. The van der Waals surface area contributed by atoms with Gasteiger partial charge in [-0.3, -0.25) is 14.6 Å². The van der Waals surface area contributed by atoms with E-state index in [1.807, 2.05) is 29.7 Å². The van der Waals surface area contributed by atoms with E-state index in [0.29, 0.717) is 23.2 Å². The topological polar surface area (TPSA) is 63.5 Å². The van der Waals surface area contributed by atoms with Crippen LogP contribution in [0.1, 0.15) is 34.1 Å². The molecule has 0 saturated carbocycles. The zero-order valence-corrected chi connectivity index (χ0v) is 16.4. The third kappa shape index (κ3) is 3.98. The molecule has 0 fully saturated rings. The standard InChI is InChI=1S/C24H20FN3O2/c1-2-16-9-11-28-20(12-17-5-7-18(25)8-6-17)14-21(22(28)13-16)23(29)24(30)27-19-4-3-10-26-15-19/h3-11,13-15H,2,12H2,1H3,(H,27,30). The minimum atomic E-state index is -0.717. The largest absolute Gasteiger partial charge is 0.320 e. The van der Waals surface area contributed by atoms with Gasteiger partial charge in [-0.1, -0.05) is 19.1 Å². The maximum Gasteiger partial charge on any atom is 0.296 e. The molecule has 3 heterocycles. The van der Waals surface area contributed by atoms with Gasteiger partial charge >= 0.3 is 0 Å². The Morgan fingerprint density at radius 3 is 2.57 bits per heavy atom. The number of carbonyl (C=O) groups excluding carboxylic acids is 2. The van der Waals surface area contributed by atoms with Crippen molar-refractivity contribution in [3.05, 3.63) is 101 Å². The van der Waals surface area contributed by atoms with Crippen molar-refractivity contribution in [2.24, 2.45) is 0 Å². The summed E-state index contributed by atoms with van der Waals surface area (Å²) >= 11 is 0. The Morgan fingerprint density at radius 2 is 1.87 bits per heavy atom. The highest BCUT2D eigenvalue weighted by atomic mass is 19.1. The summed E-state index contributed by atoms with van der Waals surface area (Å²) in [5, 5.41) is 2.60. The predicted molar refractivity (Wildman–Crippen MR) is 113 cm³/mol. The van der Waals surface area contributed by atoms with Gasteiger partial charge in [-0.05, 0) is 60.0 Å². The summed E-state index contributed by atoms with van der Waals surface area (Å²) in [6, 6.07) is 15.3. The second-order valence-electron chi connectivity index (χ2n) is 7.02. The Hall–Kier alpha value is -3.80. The number of halogens is 1. The van der Waals surface area contributed by atoms with Crippen LogP contribution in [0.15, 0.2) is 73.2 Å². The van der Waals surface area contributed by atoms with Crippen molar-refractivity contribution in [2.45, 2.75) is 19.8 Å². The maximum atomic E-state index is 13.2. The Labute approximate surface area is 173 Å². The van der Waals surface area contributed by atoms with Gasteiger partial charge in [0, 0.05) is 24.5 Å². The summed E-state index contributed by atoms with van der Waals surface area (Å²) in [5.41, 5.74) is 4.29. The molecule has 6 heteroatoms. The van der Waals surface area contributed by atoms with Crippen LogP contribution in [0, 0.1) is 5.82 Å². The molecule has 0 unspecified atom stereocenters. The van der Waals surface area contributed by atoms with E-state index in [2.05, 4.69) is 10.3 Å². The molecule has 30 heavy (non-hydrogen) atoms. The van der Waals surface area contributed by atoms with Crippen molar-refractivity contribution in [1.82, 2.24) is 9.38 Å². The summed E-state index contributed by atoms with van der Waals surface area (Å²) in [6.45, 7) is 2.03. The summed E-state index contributed by atoms with van der Waals surface area (Å²) in [6.07, 6.45) is 6.29. The van der Waals surface area contributed by atoms with Crippen molar-refractivity contribution in [1.29, 1.82) is 0 Å². The van der Waals surface area contributed by atoms with Crippen LogP contribution in [0.3, 0.4) is 0 Å². The molecule has 0 bridgehead atoms. The van der Waals surface area contributed by atoms with Crippen LogP contribution in [0.5, 0.6) is 0 Å². The first-order chi connectivity index (χ1) is 14.5. The Bertz CT molecular complexity index is 1210. The van der Waals surface area contributed by atoms with E-state index in [4.69, 9.17) is 0 Å². The number of carbonyl (C=O) groups is 2. The van der Waals surface area contributed by atoms with E-state index in [-0.39, 0.29) is 5.82 Å². The minimum Gasteiger partial charge on any atom is -0.320 e. The molecule has 0 spiro atoms. The molecule has 1 N–H and O–H groups in total. The lowest BCUT2D eigenvalue weighted by Gasteiger charge is -2.06. The van der Waals surface area contributed by atoms with Crippen molar-refractivity contribution in [2.75, 3.05) is 5.32 Å². The number of hydrogen-bond acceptors (Lipinski definition) is 3. The maximum absolute atomic E-state index is 13.2. The highest BCUT2D eigenvalue weighted by Crippen LogP contribution is 2.23. The van der Waals surface area contributed by atoms with Gasteiger partial charge in [0.15, 0.2) is 0 Å². The molecular weight excluding hydrogens is 381 g/mol. The first kappa shape index (κ1) is 19.5. The van der Waals surface area contributed by atoms with Gasteiger partial charge in [-0.2, -0.15) is 0 Å². The second kappa shape index (κ2) is 8.29. The van der Waals surface area contributed by atoms with E-state index in [1.165, 1.54) is 18.3 Å². The molecule has 5 nitrogen and oxygen atoms in total. The van der Waals surface area contributed by atoms with E-state index in [9.17, 15) is 14.0 Å². The van der Waals surface area contributed by atoms with Crippen LogP contribution in [-0.4, -0.2) is 21.1 Å². The SMILES string of the molecule is CCc1ccn2c(Cc3ccc(F)cc3)cc(C(=O)C(=O)Nc3cccnc3)c2c1. The van der Waals surface area contributed by atoms with E-state index < -0.39 is 11.7 Å². The lowest BCUT2D eigenvalue weighted by molar-refractivity contribution is -0.112. The predicted octanol–water partition coefficient (Wildman–Crippen LogP) is 4.45. The fourth-order valence-corrected chi connectivity index (χ4v) is 3.41. The summed E-state index contributed by atoms with van der Waals surface area (Å²) < 4.78 is 15.2. The number of Topliss-reactive ketones (excluding diaryl/α,β-unsaturated/α-hetero) is 1. The Kier molecular flexibility index (Phi) is 5.39. The van der Waals surface area contributed by atoms with Crippen molar-refractivity contribution in [3.63, 3.8) is 0 Å². The summed E-state index contributed by atoms with van der Waals surface area (Å²) in [7, 11) is 0. The number of nitrogens with zero attached hydrogens (tertiary/aromatic N) is 2. The fraction of sp³-hybridized carbons (Fsp3) is 0.125. The fourth-order valence-electron chi connectivity index (χ4n) is 3.41. The van der Waals surface area contributed by atoms with E-state index in [0.717, 1.165) is 23.2 Å². The second-order valence-corrected chi connectivity index (χ2v) is 7.02. The number of fused-ring (bicyclic) bond motifs is 1. The molecule has 3 aromatic heterocycles. The van der Waals surface area contributed by atoms with Gasteiger partial charge in [-0.25, -0.2) is 4.39 Å². The number of aryl methyl sites for hydroxylation is 1. The Morgan fingerprint density at radius 1 is 1.07 bits per heavy atom. The van der Waals surface area contributed by atoms with E-state index in [1.54, 1.807) is 36.5 Å². The van der Waals surface area contributed by atoms with Gasteiger partial charge in [0.05, 0.1) is 23.0 Å². The quantitative estimate of drug-likeness (QED) is 0.384. The molecule has 4 rings (SSSR count). The zero-order chi connectivity index (χ0) is 21.1. The number of pyridine rings is 2. The molecule has 150 valence electrons. The number of amides is 1.